The van der Waals surface area contributed by atoms with Crippen molar-refractivity contribution in [1.82, 2.24) is 0 Å². The van der Waals surface area contributed by atoms with Gasteiger partial charge in [-0.3, -0.25) is 4.79 Å². The third-order valence-corrected chi connectivity index (χ3v) is 4.02. The lowest BCUT2D eigenvalue weighted by molar-refractivity contribution is -0.142. The number of carboxylic acid groups (broad SMARTS) is 1. The van der Waals surface area contributed by atoms with Crippen LogP contribution < -0.4 is 4.74 Å². The Hall–Kier alpha value is -2.18. The van der Waals surface area contributed by atoms with Gasteiger partial charge < -0.3 is 14.6 Å². The van der Waals surface area contributed by atoms with Crippen molar-refractivity contribution in [3.05, 3.63) is 29.3 Å². The normalized spacial score (nSPS) is 20.8. The summed E-state index contributed by atoms with van der Waals surface area (Å²) >= 11 is 0. The van der Waals surface area contributed by atoms with Gasteiger partial charge in [-0.25, -0.2) is 13.6 Å². The molecule has 1 aromatic rings. The largest absolute Gasteiger partial charge is 0.487 e. The number of carbonyl (C=O) groups excluding carboxylic acids is 1. The fourth-order valence-electron chi connectivity index (χ4n) is 2.74. The molecule has 1 saturated carbocycles. The molecule has 0 unspecified atom stereocenters. The van der Waals surface area contributed by atoms with E-state index in [9.17, 15) is 18.4 Å². The molecule has 2 rings (SSSR count). The number of benzene rings is 1. The van der Waals surface area contributed by atoms with Gasteiger partial charge in [-0.15, -0.1) is 0 Å². The van der Waals surface area contributed by atoms with Crippen molar-refractivity contribution in [2.75, 3.05) is 7.11 Å². The number of methoxy groups -OCH3 is 1. The van der Waals surface area contributed by atoms with E-state index in [1.807, 2.05) is 0 Å². The average Bonchev–Trinajstić information content (AvgIpc) is 2.52. The van der Waals surface area contributed by atoms with Crippen molar-refractivity contribution in [2.45, 2.75) is 38.2 Å². The van der Waals surface area contributed by atoms with Gasteiger partial charge in [0.15, 0.2) is 11.6 Å². The lowest BCUT2D eigenvalue weighted by atomic mass is 9.85. The molecular formula is C16H18F2O5. The maximum Gasteiger partial charge on any atom is 0.338 e. The van der Waals surface area contributed by atoms with Crippen LogP contribution in [0.5, 0.6) is 5.75 Å². The van der Waals surface area contributed by atoms with Crippen LogP contribution in [-0.2, 0) is 9.53 Å². The summed E-state index contributed by atoms with van der Waals surface area (Å²) in [7, 11) is 1.34. The Bertz CT molecular complexity index is 594. The Morgan fingerprint density at radius 3 is 2.39 bits per heavy atom. The van der Waals surface area contributed by atoms with Crippen LogP contribution in [0.1, 0.15) is 42.5 Å². The Morgan fingerprint density at radius 1 is 1.17 bits per heavy atom. The molecule has 1 aliphatic carbocycles. The monoisotopic (exact) mass is 328 g/mol. The molecule has 23 heavy (non-hydrogen) atoms. The smallest absolute Gasteiger partial charge is 0.338 e. The first-order valence-corrected chi connectivity index (χ1v) is 7.36. The van der Waals surface area contributed by atoms with E-state index in [1.54, 1.807) is 0 Å². The van der Waals surface area contributed by atoms with E-state index in [1.165, 1.54) is 7.11 Å². The summed E-state index contributed by atoms with van der Waals surface area (Å²) in [6, 6.07) is 1.38. The van der Waals surface area contributed by atoms with E-state index in [0.29, 0.717) is 25.3 Å². The van der Waals surface area contributed by atoms with Crippen molar-refractivity contribution >= 4 is 11.9 Å². The van der Waals surface area contributed by atoms with Crippen LogP contribution in [0.3, 0.4) is 0 Å². The van der Waals surface area contributed by atoms with Crippen molar-refractivity contribution in [3.63, 3.8) is 0 Å². The number of hydrogen-bond donors (Lipinski definition) is 1. The molecule has 1 N–H and O–H groups in total. The van der Waals surface area contributed by atoms with Gasteiger partial charge in [0.1, 0.15) is 5.82 Å². The highest BCUT2D eigenvalue weighted by Crippen LogP contribution is 2.31. The quantitative estimate of drug-likeness (QED) is 0.841. The van der Waals surface area contributed by atoms with Crippen LogP contribution >= 0.6 is 0 Å². The molecule has 126 valence electrons. The van der Waals surface area contributed by atoms with Crippen LogP contribution in [0.15, 0.2) is 12.1 Å². The zero-order valence-electron chi connectivity index (χ0n) is 12.7. The van der Waals surface area contributed by atoms with E-state index in [4.69, 9.17) is 9.84 Å². The zero-order chi connectivity index (χ0) is 17.0. The Balaban J connectivity index is 1.95. The van der Waals surface area contributed by atoms with E-state index in [-0.39, 0.29) is 23.7 Å². The van der Waals surface area contributed by atoms with Gasteiger partial charge in [-0.1, -0.05) is 0 Å². The Labute approximate surface area is 132 Å². The number of esters is 1. The lowest BCUT2D eigenvalue weighted by Gasteiger charge is -2.28. The van der Waals surface area contributed by atoms with Gasteiger partial charge in [-0.2, -0.15) is 0 Å². The summed E-state index contributed by atoms with van der Waals surface area (Å²) in [5.74, 6) is -3.81. The molecule has 5 nitrogen and oxygen atoms in total. The second kappa shape index (κ2) is 7.39. The third-order valence-electron chi connectivity index (χ3n) is 4.02. The zero-order valence-corrected chi connectivity index (χ0v) is 12.7. The van der Waals surface area contributed by atoms with Gasteiger partial charge in [0.2, 0.25) is 0 Å². The molecule has 0 atom stereocenters. The Kier molecular flexibility index (Phi) is 5.52. The van der Waals surface area contributed by atoms with E-state index in [2.05, 4.69) is 4.74 Å². The molecule has 0 aliphatic heterocycles. The van der Waals surface area contributed by atoms with Crippen LogP contribution in [0.25, 0.3) is 0 Å². The molecule has 0 spiro atoms. The predicted octanol–water partition coefficient (Wildman–Crippen LogP) is 3.16. The lowest BCUT2D eigenvalue weighted by Crippen LogP contribution is -2.26. The summed E-state index contributed by atoms with van der Waals surface area (Å²) in [6.07, 6.45) is 2.76. The van der Waals surface area contributed by atoms with Crippen molar-refractivity contribution in [3.8, 4) is 5.75 Å². The summed E-state index contributed by atoms with van der Waals surface area (Å²) in [5, 5.41) is 8.74. The maximum atomic E-state index is 13.8. The molecule has 0 aromatic heterocycles. The molecule has 7 heteroatoms. The van der Waals surface area contributed by atoms with Crippen molar-refractivity contribution < 1.29 is 33.0 Å². The minimum atomic E-state index is -1.53. The minimum absolute atomic E-state index is 0.207. The summed E-state index contributed by atoms with van der Waals surface area (Å²) in [4.78, 5) is 22.0. The first kappa shape index (κ1) is 17.2. The molecule has 1 aliphatic rings. The highest BCUT2D eigenvalue weighted by atomic mass is 19.1. The van der Waals surface area contributed by atoms with Gasteiger partial charge in [0, 0.05) is 12.5 Å². The second-order valence-electron chi connectivity index (χ2n) is 5.61. The Morgan fingerprint density at radius 2 is 1.83 bits per heavy atom. The number of rotatable bonds is 5. The summed E-state index contributed by atoms with van der Waals surface area (Å²) < 4.78 is 37.5. The number of carboxylic acids is 1. The van der Waals surface area contributed by atoms with Gasteiger partial charge in [-0.05, 0) is 37.7 Å². The molecule has 0 heterocycles. The third kappa shape index (κ3) is 4.40. The summed E-state index contributed by atoms with van der Waals surface area (Å²) in [5.41, 5.74) is -0.725. The van der Waals surface area contributed by atoms with Gasteiger partial charge in [0.05, 0.1) is 18.8 Å². The summed E-state index contributed by atoms with van der Waals surface area (Å²) in [6.45, 7) is 0. The maximum absolute atomic E-state index is 13.8. The number of carbonyl (C=O) groups is 2. The second-order valence-corrected chi connectivity index (χ2v) is 5.61. The molecule has 0 saturated heterocycles. The number of aromatic carboxylic acids is 1. The average molecular weight is 328 g/mol. The number of hydrogen-bond acceptors (Lipinski definition) is 4. The SMILES string of the molecule is COC(=O)C[C@H]1CC[C@@H](Oc2cc(F)c(C(=O)O)cc2F)CC1. The van der Waals surface area contributed by atoms with Crippen molar-refractivity contribution in [2.24, 2.45) is 5.92 Å². The van der Waals surface area contributed by atoms with Gasteiger partial charge in [0.25, 0.3) is 0 Å². The molecular weight excluding hydrogens is 310 g/mol. The van der Waals surface area contributed by atoms with Crippen LogP contribution in [0, 0.1) is 17.6 Å². The molecule has 0 amide bonds. The fourth-order valence-corrected chi connectivity index (χ4v) is 2.74. The predicted molar refractivity (Wildman–Crippen MR) is 76.3 cm³/mol. The molecule has 1 aromatic carbocycles. The minimum Gasteiger partial charge on any atom is -0.487 e. The highest BCUT2D eigenvalue weighted by Gasteiger charge is 2.26. The van der Waals surface area contributed by atoms with E-state index >= 15 is 0 Å². The standard InChI is InChI=1S/C16H18F2O5/c1-22-15(19)6-9-2-4-10(5-3-9)23-14-8-12(17)11(16(20)21)7-13(14)18/h7-10H,2-6H2,1H3,(H,20,21)/t9-,10+. The molecule has 0 bridgehead atoms. The van der Waals surface area contributed by atoms with Crippen molar-refractivity contribution in [1.29, 1.82) is 0 Å². The first-order valence-electron chi connectivity index (χ1n) is 7.36. The number of ether oxygens (including phenoxy) is 2. The van der Waals surface area contributed by atoms with Crippen LogP contribution in [-0.4, -0.2) is 30.3 Å². The van der Waals surface area contributed by atoms with Gasteiger partial charge >= 0.3 is 11.9 Å². The van der Waals surface area contributed by atoms with Crippen LogP contribution in [0.4, 0.5) is 8.78 Å². The molecule has 1 fully saturated rings. The molecule has 0 radical (unpaired) electrons. The first-order chi connectivity index (χ1) is 10.9. The van der Waals surface area contributed by atoms with E-state index < -0.39 is 23.2 Å². The fraction of sp³-hybridized carbons (Fsp3) is 0.500. The van der Waals surface area contributed by atoms with Crippen LogP contribution in [0.2, 0.25) is 0 Å². The highest BCUT2D eigenvalue weighted by molar-refractivity contribution is 5.88. The topological polar surface area (TPSA) is 72.8 Å². The number of halogens is 2. The van der Waals surface area contributed by atoms with E-state index in [0.717, 1.165) is 18.9 Å².